The summed E-state index contributed by atoms with van der Waals surface area (Å²) < 4.78 is 0. The lowest BCUT2D eigenvalue weighted by Crippen LogP contribution is -2.46. The molecule has 1 fully saturated rings. The van der Waals surface area contributed by atoms with Gasteiger partial charge in [0.15, 0.2) is 0 Å². The molecule has 0 heterocycles. The molecule has 1 aliphatic rings. The molecule has 1 aromatic carbocycles. The van der Waals surface area contributed by atoms with E-state index in [9.17, 15) is 9.90 Å². The molecule has 2 amide bonds. The van der Waals surface area contributed by atoms with E-state index < -0.39 is 6.10 Å². The van der Waals surface area contributed by atoms with Gasteiger partial charge in [0.1, 0.15) is 0 Å². The molecule has 128 valence electrons. The monoisotopic (exact) mass is 318 g/mol. The quantitative estimate of drug-likeness (QED) is 0.772. The lowest BCUT2D eigenvalue weighted by molar-refractivity contribution is 0.0955. The third-order valence-corrected chi connectivity index (χ3v) is 4.66. The van der Waals surface area contributed by atoms with E-state index in [-0.39, 0.29) is 12.1 Å². The molecule has 0 aromatic heterocycles. The fourth-order valence-corrected chi connectivity index (χ4v) is 3.29. The summed E-state index contributed by atoms with van der Waals surface area (Å²) in [4.78, 5) is 12.4. The van der Waals surface area contributed by atoms with Crippen LogP contribution in [0.15, 0.2) is 18.2 Å². The summed E-state index contributed by atoms with van der Waals surface area (Å²) >= 11 is 0. The smallest absolute Gasteiger partial charge is 0.319 e. The molecular weight excluding hydrogens is 288 g/mol. The maximum absolute atomic E-state index is 12.4. The number of nitrogens with one attached hydrogen (secondary N) is 2. The number of carbonyl (C=O) groups excluding carboxylic acids is 1. The van der Waals surface area contributed by atoms with Crippen LogP contribution < -0.4 is 10.6 Å². The van der Waals surface area contributed by atoms with Gasteiger partial charge in [-0.05, 0) is 35.8 Å². The van der Waals surface area contributed by atoms with Crippen LogP contribution in [0.3, 0.4) is 0 Å². The molecule has 2 rings (SSSR count). The molecule has 1 aromatic rings. The Kier molecular flexibility index (Phi) is 6.05. The van der Waals surface area contributed by atoms with E-state index >= 15 is 0 Å². The largest absolute Gasteiger partial charge is 0.391 e. The standard InChI is InChI=1S/C19H30N2O2/c1-12(2)14-8-7-9-15(13(3)4)18(14)21-19(23)20-16-10-5-6-11-17(16)22/h7-9,12-13,16-17,22H,5-6,10-11H2,1-4H3,(H2,20,21,23). The second kappa shape index (κ2) is 7.82. The summed E-state index contributed by atoms with van der Waals surface area (Å²) in [6.45, 7) is 8.53. The van der Waals surface area contributed by atoms with Crippen molar-refractivity contribution in [3.8, 4) is 0 Å². The predicted octanol–water partition coefficient (Wildman–Crippen LogP) is 4.36. The molecule has 23 heavy (non-hydrogen) atoms. The fourth-order valence-electron chi connectivity index (χ4n) is 3.29. The lowest BCUT2D eigenvalue weighted by atomic mass is 9.92. The third kappa shape index (κ3) is 4.47. The van der Waals surface area contributed by atoms with Crippen molar-refractivity contribution in [2.75, 3.05) is 5.32 Å². The second-order valence-electron chi connectivity index (χ2n) is 7.18. The van der Waals surface area contributed by atoms with Crippen LogP contribution in [-0.4, -0.2) is 23.3 Å². The second-order valence-corrected chi connectivity index (χ2v) is 7.18. The molecule has 4 heteroatoms. The number of aliphatic hydroxyl groups is 1. The number of anilines is 1. The Balaban J connectivity index is 2.16. The normalized spacial score (nSPS) is 21.5. The number of hydrogen-bond acceptors (Lipinski definition) is 2. The van der Waals surface area contributed by atoms with Gasteiger partial charge in [0, 0.05) is 5.69 Å². The number of hydrogen-bond donors (Lipinski definition) is 3. The van der Waals surface area contributed by atoms with Crippen LogP contribution >= 0.6 is 0 Å². The van der Waals surface area contributed by atoms with Crippen molar-refractivity contribution in [3.05, 3.63) is 29.3 Å². The zero-order chi connectivity index (χ0) is 17.0. The summed E-state index contributed by atoms with van der Waals surface area (Å²) in [6.07, 6.45) is 3.28. The Morgan fingerprint density at radius 1 is 1.09 bits per heavy atom. The average Bonchev–Trinajstić information content (AvgIpc) is 2.49. The minimum Gasteiger partial charge on any atom is -0.391 e. The van der Waals surface area contributed by atoms with Crippen molar-refractivity contribution in [2.45, 2.75) is 77.4 Å². The van der Waals surface area contributed by atoms with Crippen molar-refractivity contribution < 1.29 is 9.90 Å². The van der Waals surface area contributed by atoms with E-state index in [1.807, 2.05) is 0 Å². The zero-order valence-electron chi connectivity index (χ0n) is 14.7. The van der Waals surface area contributed by atoms with Gasteiger partial charge >= 0.3 is 6.03 Å². The van der Waals surface area contributed by atoms with E-state index in [0.29, 0.717) is 11.8 Å². The van der Waals surface area contributed by atoms with Crippen LogP contribution in [0.4, 0.5) is 10.5 Å². The first-order valence-electron chi connectivity index (χ1n) is 8.78. The molecule has 2 atom stereocenters. The highest BCUT2D eigenvalue weighted by Crippen LogP contribution is 2.32. The maximum atomic E-state index is 12.4. The fraction of sp³-hybridized carbons (Fsp3) is 0.632. The molecule has 0 aliphatic heterocycles. The molecule has 1 saturated carbocycles. The Hall–Kier alpha value is -1.55. The Labute approximate surface area is 139 Å². The number of amides is 2. The van der Waals surface area contributed by atoms with Gasteiger partial charge in [-0.1, -0.05) is 58.7 Å². The van der Waals surface area contributed by atoms with Crippen molar-refractivity contribution in [1.82, 2.24) is 5.32 Å². The van der Waals surface area contributed by atoms with Crippen LogP contribution in [0.2, 0.25) is 0 Å². The first kappa shape index (κ1) is 17.8. The molecule has 2 unspecified atom stereocenters. The van der Waals surface area contributed by atoms with E-state index in [1.54, 1.807) is 0 Å². The molecule has 0 radical (unpaired) electrons. The Morgan fingerprint density at radius 2 is 1.65 bits per heavy atom. The topological polar surface area (TPSA) is 61.4 Å². The molecule has 0 bridgehead atoms. The van der Waals surface area contributed by atoms with E-state index in [1.165, 1.54) is 0 Å². The summed E-state index contributed by atoms with van der Waals surface area (Å²) in [5, 5.41) is 16.0. The first-order chi connectivity index (χ1) is 10.9. The number of urea groups is 1. The van der Waals surface area contributed by atoms with Crippen molar-refractivity contribution in [3.63, 3.8) is 0 Å². The molecule has 4 nitrogen and oxygen atoms in total. The number of aliphatic hydroxyl groups excluding tert-OH is 1. The van der Waals surface area contributed by atoms with Gasteiger partial charge in [0.2, 0.25) is 0 Å². The lowest BCUT2D eigenvalue weighted by Gasteiger charge is -2.29. The summed E-state index contributed by atoms with van der Waals surface area (Å²) in [6, 6.07) is 5.84. The van der Waals surface area contributed by atoms with Gasteiger partial charge in [-0.3, -0.25) is 0 Å². The first-order valence-corrected chi connectivity index (χ1v) is 8.78. The van der Waals surface area contributed by atoms with Gasteiger partial charge in [0.05, 0.1) is 12.1 Å². The van der Waals surface area contributed by atoms with Crippen LogP contribution in [0.25, 0.3) is 0 Å². The van der Waals surface area contributed by atoms with Gasteiger partial charge < -0.3 is 15.7 Å². The molecular formula is C19H30N2O2. The highest BCUT2D eigenvalue weighted by Gasteiger charge is 2.25. The van der Waals surface area contributed by atoms with Crippen LogP contribution in [0.1, 0.15) is 76.3 Å². The van der Waals surface area contributed by atoms with Crippen LogP contribution in [0, 0.1) is 0 Å². The summed E-state index contributed by atoms with van der Waals surface area (Å²) in [5.41, 5.74) is 3.21. The summed E-state index contributed by atoms with van der Waals surface area (Å²) in [7, 11) is 0. The van der Waals surface area contributed by atoms with Gasteiger partial charge in [-0.2, -0.15) is 0 Å². The SMILES string of the molecule is CC(C)c1cccc(C(C)C)c1NC(=O)NC1CCCCC1O. The number of benzene rings is 1. The van der Waals surface area contributed by atoms with Gasteiger partial charge in [0.25, 0.3) is 0 Å². The van der Waals surface area contributed by atoms with Crippen LogP contribution in [-0.2, 0) is 0 Å². The van der Waals surface area contributed by atoms with E-state index in [4.69, 9.17) is 0 Å². The summed E-state index contributed by atoms with van der Waals surface area (Å²) in [5.74, 6) is 0.675. The molecule has 1 aliphatic carbocycles. The maximum Gasteiger partial charge on any atom is 0.319 e. The van der Waals surface area contributed by atoms with Crippen LogP contribution in [0.5, 0.6) is 0 Å². The minimum atomic E-state index is -0.431. The minimum absolute atomic E-state index is 0.141. The highest BCUT2D eigenvalue weighted by atomic mass is 16.3. The highest BCUT2D eigenvalue weighted by molar-refractivity contribution is 5.91. The number of carbonyl (C=O) groups is 1. The predicted molar refractivity (Wildman–Crippen MR) is 95.0 cm³/mol. The molecule has 0 spiro atoms. The van der Waals surface area contributed by atoms with Gasteiger partial charge in [-0.15, -0.1) is 0 Å². The number of rotatable bonds is 4. The van der Waals surface area contributed by atoms with Gasteiger partial charge in [-0.25, -0.2) is 4.79 Å². The molecule has 0 saturated heterocycles. The van der Waals surface area contributed by atoms with Crippen molar-refractivity contribution >= 4 is 11.7 Å². The average molecular weight is 318 g/mol. The Bertz CT molecular complexity index is 514. The molecule has 3 N–H and O–H groups in total. The van der Waals surface area contributed by atoms with Crippen molar-refractivity contribution in [1.29, 1.82) is 0 Å². The van der Waals surface area contributed by atoms with E-state index in [0.717, 1.165) is 42.5 Å². The van der Waals surface area contributed by atoms with Crippen molar-refractivity contribution in [2.24, 2.45) is 0 Å². The Morgan fingerprint density at radius 3 is 2.17 bits per heavy atom. The van der Waals surface area contributed by atoms with E-state index in [2.05, 4.69) is 56.5 Å². The third-order valence-electron chi connectivity index (χ3n) is 4.66. The number of para-hydroxylation sites is 1. The zero-order valence-corrected chi connectivity index (χ0v) is 14.7.